The van der Waals surface area contributed by atoms with Gasteiger partial charge in [0.25, 0.3) is 0 Å². The summed E-state index contributed by atoms with van der Waals surface area (Å²) in [6.45, 7) is 9.55. The molecule has 3 aliphatic rings. The van der Waals surface area contributed by atoms with Crippen LogP contribution < -0.4 is 0 Å². The second kappa shape index (κ2) is 6.48. The molecule has 6 atom stereocenters. The lowest BCUT2D eigenvalue weighted by Crippen LogP contribution is -2.46. The Labute approximate surface area is 150 Å². The second-order valence-electron chi connectivity index (χ2n) is 7.21. The Kier molecular flexibility index (Phi) is 5.01. The summed E-state index contributed by atoms with van der Waals surface area (Å²) in [5.41, 5.74) is 0. The van der Waals surface area contributed by atoms with Crippen molar-refractivity contribution in [1.29, 1.82) is 0 Å². The first-order valence-corrected chi connectivity index (χ1v) is 9.21. The Morgan fingerprint density at radius 3 is 2.46 bits per heavy atom. The molecule has 0 aliphatic carbocycles. The number of carbonyl (C=O) groups excluding carboxylic acids is 1. The van der Waals surface area contributed by atoms with Gasteiger partial charge in [0.1, 0.15) is 17.0 Å². The van der Waals surface area contributed by atoms with Crippen molar-refractivity contribution in [2.45, 2.75) is 88.1 Å². The van der Waals surface area contributed by atoms with Gasteiger partial charge in [-0.05, 0) is 34.1 Å². The molecule has 8 heteroatoms. The van der Waals surface area contributed by atoms with E-state index in [1.165, 1.54) is 0 Å². The zero-order chi connectivity index (χ0) is 17.7. The molecule has 3 unspecified atom stereocenters. The van der Waals surface area contributed by atoms with Gasteiger partial charge in [-0.1, -0.05) is 22.9 Å². The highest BCUT2D eigenvalue weighted by Crippen LogP contribution is 2.42. The van der Waals surface area contributed by atoms with Crippen molar-refractivity contribution in [2.75, 3.05) is 6.61 Å². The summed E-state index contributed by atoms with van der Waals surface area (Å²) in [5.74, 6) is -1.82. The number of esters is 1. The van der Waals surface area contributed by atoms with Gasteiger partial charge >= 0.3 is 5.97 Å². The number of halogens is 1. The molecule has 0 bridgehead atoms. The molecule has 3 aliphatic heterocycles. The molecule has 0 amide bonds. The van der Waals surface area contributed by atoms with Crippen LogP contribution in [0.25, 0.3) is 0 Å². The van der Waals surface area contributed by atoms with Crippen LogP contribution in [0.3, 0.4) is 0 Å². The Morgan fingerprint density at radius 2 is 1.88 bits per heavy atom. The highest BCUT2D eigenvalue weighted by Gasteiger charge is 2.60. The minimum atomic E-state index is -0.782. The summed E-state index contributed by atoms with van der Waals surface area (Å²) in [6, 6.07) is 0. The van der Waals surface area contributed by atoms with Crippen molar-refractivity contribution in [3.63, 3.8) is 0 Å². The highest BCUT2D eigenvalue weighted by atomic mass is 79.9. The van der Waals surface area contributed by atoms with Gasteiger partial charge in [-0.3, -0.25) is 4.79 Å². The van der Waals surface area contributed by atoms with E-state index in [-0.39, 0.29) is 16.9 Å². The third kappa shape index (κ3) is 3.64. The molecule has 138 valence electrons. The zero-order valence-corrected chi connectivity index (χ0v) is 16.2. The summed E-state index contributed by atoms with van der Waals surface area (Å²) < 4.78 is 34.9. The maximum Gasteiger partial charge on any atom is 0.320 e. The van der Waals surface area contributed by atoms with Crippen LogP contribution in [0.1, 0.15) is 41.0 Å². The standard InChI is InChI=1S/C16H25BrO7/c1-6-8(17)13(18)20-11-10(9-7-19-15(2,3)22-9)21-14-12(11)23-16(4,5)24-14/h8-12,14H,6-7H2,1-5H3/t8?,9?,10?,11-,12+,14+/m0/s1. The minimum absolute atomic E-state index is 0.344. The molecule has 7 nitrogen and oxygen atoms in total. The molecule has 3 heterocycles. The smallest absolute Gasteiger partial charge is 0.320 e. The summed E-state index contributed by atoms with van der Waals surface area (Å²) >= 11 is 3.32. The molecule has 0 saturated carbocycles. The van der Waals surface area contributed by atoms with Gasteiger partial charge in [-0.25, -0.2) is 0 Å². The van der Waals surface area contributed by atoms with E-state index in [9.17, 15) is 4.79 Å². The van der Waals surface area contributed by atoms with Crippen LogP contribution in [0.15, 0.2) is 0 Å². The highest BCUT2D eigenvalue weighted by molar-refractivity contribution is 9.10. The Balaban J connectivity index is 1.76. The van der Waals surface area contributed by atoms with Crippen LogP contribution in [0.5, 0.6) is 0 Å². The molecule has 0 aromatic carbocycles. The lowest BCUT2D eigenvalue weighted by atomic mass is 10.1. The first-order valence-electron chi connectivity index (χ1n) is 8.29. The van der Waals surface area contributed by atoms with Crippen LogP contribution in [-0.4, -0.2) is 59.7 Å². The molecule has 0 radical (unpaired) electrons. The van der Waals surface area contributed by atoms with Crippen molar-refractivity contribution in [3.8, 4) is 0 Å². The number of rotatable bonds is 4. The SMILES string of the molecule is CCC(Br)C(=O)O[C@H]1C(C2COC(C)(C)O2)O[C@@H]2OC(C)(C)O[C@@H]21. The van der Waals surface area contributed by atoms with E-state index in [0.717, 1.165) is 0 Å². The average Bonchev–Trinajstić information content (AvgIpc) is 3.09. The largest absolute Gasteiger partial charge is 0.456 e. The molecule has 0 spiro atoms. The number of fused-ring (bicyclic) bond motifs is 1. The molecule has 24 heavy (non-hydrogen) atoms. The number of hydrogen-bond acceptors (Lipinski definition) is 7. The third-order valence-corrected chi connectivity index (χ3v) is 5.31. The van der Waals surface area contributed by atoms with Crippen LogP contribution in [0, 0.1) is 0 Å². The van der Waals surface area contributed by atoms with Crippen molar-refractivity contribution in [3.05, 3.63) is 0 Å². The molecule has 0 N–H and O–H groups in total. The molecular weight excluding hydrogens is 384 g/mol. The third-order valence-electron chi connectivity index (χ3n) is 4.29. The van der Waals surface area contributed by atoms with Crippen molar-refractivity contribution < 1.29 is 33.2 Å². The van der Waals surface area contributed by atoms with Gasteiger partial charge in [-0.15, -0.1) is 0 Å². The number of ether oxygens (including phenoxy) is 6. The van der Waals surface area contributed by atoms with Gasteiger partial charge in [0.2, 0.25) is 0 Å². The van der Waals surface area contributed by atoms with E-state index in [1.54, 1.807) is 13.8 Å². The van der Waals surface area contributed by atoms with Gasteiger partial charge in [-0.2, -0.15) is 0 Å². The second-order valence-corrected chi connectivity index (χ2v) is 8.32. The molecule has 3 saturated heterocycles. The molecule has 3 rings (SSSR count). The number of alkyl halides is 1. The topological polar surface area (TPSA) is 72.5 Å². The van der Waals surface area contributed by atoms with Crippen molar-refractivity contribution >= 4 is 21.9 Å². The lowest BCUT2D eigenvalue weighted by Gasteiger charge is -2.29. The van der Waals surface area contributed by atoms with E-state index in [4.69, 9.17) is 28.4 Å². The zero-order valence-electron chi connectivity index (χ0n) is 14.6. The summed E-state index contributed by atoms with van der Waals surface area (Å²) in [6.07, 6.45) is -1.92. The maximum absolute atomic E-state index is 12.3. The van der Waals surface area contributed by atoms with Gasteiger partial charge in [0, 0.05) is 0 Å². The fourth-order valence-electron chi connectivity index (χ4n) is 3.19. The monoisotopic (exact) mass is 408 g/mol. The molecule has 3 fully saturated rings. The fraction of sp³-hybridized carbons (Fsp3) is 0.938. The molecule has 0 aromatic rings. The predicted octanol–water partition coefficient (Wildman–Crippen LogP) is 2.10. The maximum atomic E-state index is 12.3. The fourth-order valence-corrected chi connectivity index (χ4v) is 3.30. The van der Waals surface area contributed by atoms with E-state index >= 15 is 0 Å². The Morgan fingerprint density at radius 1 is 1.17 bits per heavy atom. The minimum Gasteiger partial charge on any atom is -0.456 e. The average molecular weight is 409 g/mol. The first-order chi connectivity index (χ1) is 11.1. The van der Waals surface area contributed by atoms with Crippen LogP contribution >= 0.6 is 15.9 Å². The van der Waals surface area contributed by atoms with E-state index in [0.29, 0.717) is 13.0 Å². The Bertz CT molecular complexity index is 495. The number of hydrogen-bond donors (Lipinski definition) is 0. The number of carbonyl (C=O) groups is 1. The van der Waals surface area contributed by atoms with Crippen LogP contribution in [-0.2, 0) is 33.2 Å². The van der Waals surface area contributed by atoms with Crippen LogP contribution in [0.4, 0.5) is 0 Å². The van der Waals surface area contributed by atoms with E-state index in [1.807, 2.05) is 20.8 Å². The van der Waals surface area contributed by atoms with Crippen molar-refractivity contribution in [1.82, 2.24) is 0 Å². The summed E-state index contributed by atoms with van der Waals surface area (Å²) in [4.78, 5) is 11.9. The van der Waals surface area contributed by atoms with Crippen LogP contribution in [0.2, 0.25) is 0 Å². The molecule has 0 aromatic heterocycles. The summed E-state index contributed by atoms with van der Waals surface area (Å²) in [5, 5.41) is 0. The normalized spacial score (nSPS) is 41.2. The Hall–Kier alpha value is -0.250. The van der Waals surface area contributed by atoms with E-state index < -0.39 is 36.2 Å². The summed E-state index contributed by atoms with van der Waals surface area (Å²) in [7, 11) is 0. The van der Waals surface area contributed by atoms with Crippen molar-refractivity contribution in [2.24, 2.45) is 0 Å². The lowest BCUT2D eigenvalue weighted by molar-refractivity contribution is -0.235. The molecular formula is C16H25BrO7. The van der Waals surface area contributed by atoms with Gasteiger partial charge in [0.05, 0.1) is 6.61 Å². The van der Waals surface area contributed by atoms with E-state index in [2.05, 4.69) is 15.9 Å². The quantitative estimate of drug-likeness (QED) is 0.520. The predicted molar refractivity (Wildman–Crippen MR) is 86.5 cm³/mol. The van der Waals surface area contributed by atoms with Gasteiger partial charge < -0.3 is 28.4 Å². The first kappa shape index (κ1) is 18.5. The van der Waals surface area contributed by atoms with Gasteiger partial charge in [0.15, 0.2) is 30.1 Å².